The molecule has 132 valence electrons. The van der Waals surface area contributed by atoms with Crippen LogP contribution in [-0.4, -0.2) is 29.7 Å². The van der Waals surface area contributed by atoms with Gasteiger partial charge in [0.2, 0.25) is 17.6 Å². The van der Waals surface area contributed by atoms with Gasteiger partial charge in [-0.1, -0.05) is 28.9 Å². The van der Waals surface area contributed by atoms with Crippen molar-refractivity contribution in [3.8, 4) is 17.1 Å². The number of hydrogen-bond acceptors (Lipinski definition) is 5. The van der Waals surface area contributed by atoms with Crippen molar-refractivity contribution in [2.45, 2.75) is 19.3 Å². The molecule has 2 heterocycles. The Hall–Kier alpha value is -3.15. The van der Waals surface area contributed by atoms with Gasteiger partial charge in [0.15, 0.2) is 0 Å². The summed E-state index contributed by atoms with van der Waals surface area (Å²) in [4.78, 5) is 18.7. The van der Waals surface area contributed by atoms with Gasteiger partial charge in [-0.3, -0.25) is 4.79 Å². The number of amides is 1. The van der Waals surface area contributed by atoms with Crippen LogP contribution in [0.25, 0.3) is 11.4 Å². The van der Waals surface area contributed by atoms with Crippen molar-refractivity contribution in [3.63, 3.8) is 0 Å². The maximum atomic E-state index is 12.4. The van der Waals surface area contributed by atoms with Crippen LogP contribution in [0.4, 0.5) is 5.69 Å². The lowest BCUT2D eigenvalue weighted by atomic mass is 10.1. The lowest BCUT2D eigenvalue weighted by Crippen LogP contribution is -2.24. The van der Waals surface area contributed by atoms with Gasteiger partial charge in [-0.2, -0.15) is 4.98 Å². The van der Waals surface area contributed by atoms with Crippen LogP contribution >= 0.6 is 0 Å². The zero-order valence-corrected chi connectivity index (χ0v) is 14.7. The van der Waals surface area contributed by atoms with Crippen LogP contribution in [0.15, 0.2) is 53.1 Å². The van der Waals surface area contributed by atoms with E-state index in [2.05, 4.69) is 10.1 Å². The maximum absolute atomic E-state index is 12.4. The minimum Gasteiger partial charge on any atom is -0.497 e. The number of carbonyl (C=O) groups is 1. The van der Waals surface area contributed by atoms with E-state index in [4.69, 9.17) is 9.26 Å². The molecule has 0 saturated carbocycles. The molecule has 0 radical (unpaired) electrons. The van der Waals surface area contributed by atoms with Crippen LogP contribution in [0.2, 0.25) is 0 Å². The number of rotatable bonds is 4. The Balaban J connectivity index is 1.53. The molecule has 1 fully saturated rings. The van der Waals surface area contributed by atoms with Gasteiger partial charge in [-0.15, -0.1) is 0 Å². The summed E-state index contributed by atoms with van der Waals surface area (Å²) in [6, 6.07) is 15.4. The second-order valence-electron chi connectivity index (χ2n) is 6.43. The molecule has 0 spiro atoms. The topological polar surface area (TPSA) is 68.5 Å². The second-order valence-corrected chi connectivity index (χ2v) is 6.43. The van der Waals surface area contributed by atoms with Crippen molar-refractivity contribution in [3.05, 3.63) is 60.0 Å². The van der Waals surface area contributed by atoms with E-state index in [1.807, 2.05) is 55.5 Å². The number of ether oxygens (including phenoxy) is 1. The summed E-state index contributed by atoms with van der Waals surface area (Å²) in [5.74, 6) is 1.77. The fourth-order valence-corrected chi connectivity index (χ4v) is 3.19. The number of benzene rings is 2. The Kier molecular flexibility index (Phi) is 4.16. The summed E-state index contributed by atoms with van der Waals surface area (Å²) in [5, 5.41) is 4.09. The summed E-state index contributed by atoms with van der Waals surface area (Å²) in [5.41, 5.74) is 2.89. The molecular formula is C20H19N3O3. The van der Waals surface area contributed by atoms with Gasteiger partial charge >= 0.3 is 0 Å². The summed E-state index contributed by atoms with van der Waals surface area (Å²) in [6.45, 7) is 2.55. The average Bonchev–Trinajstić information content (AvgIpc) is 3.29. The molecule has 1 aromatic heterocycles. The first kappa shape index (κ1) is 16.3. The first-order valence-electron chi connectivity index (χ1n) is 8.49. The highest BCUT2D eigenvalue weighted by Gasteiger charge is 2.35. The van der Waals surface area contributed by atoms with Crippen molar-refractivity contribution in [2.75, 3.05) is 18.6 Å². The van der Waals surface area contributed by atoms with Crippen LogP contribution in [0.3, 0.4) is 0 Å². The normalized spacial score (nSPS) is 16.9. The Morgan fingerprint density at radius 1 is 1.19 bits per heavy atom. The summed E-state index contributed by atoms with van der Waals surface area (Å²) in [6.07, 6.45) is 0.363. The van der Waals surface area contributed by atoms with E-state index in [1.165, 1.54) is 0 Å². The molecule has 0 bridgehead atoms. The van der Waals surface area contributed by atoms with E-state index in [9.17, 15) is 4.79 Å². The Morgan fingerprint density at radius 3 is 2.73 bits per heavy atom. The highest BCUT2D eigenvalue weighted by Crippen LogP contribution is 2.32. The van der Waals surface area contributed by atoms with Crippen molar-refractivity contribution < 1.29 is 14.1 Å². The molecule has 0 N–H and O–H groups in total. The van der Waals surface area contributed by atoms with Crippen LogP contribution in [-0.2, 0) is 4.79 Å². The molecule has 0 unspecified atom stereocenters. The summed E-state index contributed by atoms with van der Waals surface area (Å²) in [7, 11) is 1.62. The van der Waals surface area contributed by atoms with E-state index in [-0.39, 0.29) is 11.8 Å². The number of aromatic nitrogens is 2. The van der Waals surface area contributed by atoms with Crippen molar-refractivity contribution >= 4 is 11.6 Å². The smallest absolute Gasteiger partial charge is 0.232 e. The monoisotopic (exact) mass is 349 g/mol. The fraction of sp³-hybridized carbons (Fsp3) is 0.250. The lowest BCUT2D eigenvalue weighted by Gasteiger charge is -2.16. The van der Waals surface area contributed by atoms with Gasteiger partial charge in [0.25, 0.3) is 0 Å². The van der Waals surface area contributed by atoms with E-state index >= 15 is 0 Å². The molecule has 6 heteroatoms. The van der Waals surface area contributed by atoms with Gasteiger partial charge in [0.05, 0.1) is 13.0 Å². The fourth-order valence-electron chi connectivity index (χ4n) is 3.19. The van der Waals surface area contributed by atoms with Crippen LogP contribution in [0.5, 0.6) is 5.75 Å². The van der Waals surface area contributed by atoms with Crippen LogP contribution in [0.1, 0.15) is 23.8 Å². The number of methoxy groups -OCH3 is 1. The number of aryl methyl sites for hydroxylation is 1. The zero-order valence-electron chi connectivity index (χ0n) is 14.7. The van der Waals surface area contributed by atoms with E-state index in [1.54, 1.807) is 12.0 Å². The third-order valence-corrected chi connectivity index (χ3v) is 4.58. The standard InChI is InChI=1S/C20H19N3O3/c1-13-4-3-5-14(10-13)19-21-20(26-22-19)15-11-18(24)23(12-15)16-6-8-17(25-2)9-7-16/h3-10,15H,11-12H2,1-2H3/t15-/m1/s1. The molecule has 1 amide bonds. The van der Waals surface area contributed by atoms with Gasteiger partial charge in [-0.25, -0.2) is 0 Å². The van der Waals surface area contributed by atoms with Gasteiger partial charge in [0, 0.05) is 24.2 Å². The predicted molar refractivity (Wildman–Crippen MR) is 97.2 cm³/mol. The molecule has 1 atom stereocenters. The predicted octanol–water partition coefficient (Wildman–Crippen LogP) is 3.57. The maximum Gasteiger partial charge on any atom is 0.232 e. The molecule has 0 aliphatic carbocycles. The second kappa shape index (κ2) is 6.63. The van der Waals surface area contributed by atoms with Gasteiger partial charge < -0.3 is 14.2 Å². The van der Waals surface area contributed by atoms with Gasteiger partial charge in [0.1, 0.15) is 5.75 Å². The SMILES string of the molecule is COc1ccc(N2C[C@H](c3nc(-c4cccc(C)c4)no3)CC2=O)cc1. The van der Waals surface area contributed by atoms with Crippen molar-refractivity contribution in [1.29, 1.82) is 0 Å². The van der Waals surface area contributed by atoms with Crippen molar-refractivity contribution in [1.82, 2.24) is 10.1 Å². The molecule has 6 nitrogen and oxygen atoms in total. The third-order valence-electron chi connectivity index (χ3n) is 4.58. The number of anilines is 1. The van der Waals surface area contributed by atoms with E-state index in [0.717, 1.165) is 22.6 Å². The molecule has 1 aliphatic rings. The molecule has 1 aliphatic heterocycles. The molecule has 2 aromatic carbocycles. The zero-order chi connectivity index (χ0) is 18.1. The minimum absolute atomic E-state index is 0.0514. The van der Waals surface area contributed by atoms with E-state index < -0.39 is 0 Å². The Bertz CT molecular complexity index is 933. The quantitative estimate of drug-likeness (QED) is 0.720. The highest BCUT2D eigenvalue weighted by molar-refractivity contribution is 5.96. The molecule has 3 aromatic rings. The molecule has 26 heavy (non-hydrogen) atoms. The summed E-state index contributed by atoms with van der Waals surface area (Å²) < 4.78 is 10.6. The van der Waals surface area contributed by atoms with E-state index in [0.29, 0.717) is 24.7 Å². The molecule has 1 saturated heterocycles. The molecular weight excluding hydrogens is 330 g/mol. The minimum atomic E-state index is -0.101. The Labute approximate surface area is 151 Å². The first-order chi connectivity index (χ1) is 12.6. The van der Waals surface area contributed by atoms with Gasteiger partial charge in [-0.05, 0) is 37.3 Å². The van der Waals surface area contributed by atoms with Crippen LogP contribution < -0.4 is 9.64 Å². The first-order valence-corrected chi connectivity index (χ1v) is 8.49. The number of carbonyl (C=O) groups excluding carboxylic acids is 1. The lowest BCUT2D eigenvalue weighted by molar-refractivity contribution is -0.117. The number of nitrogens with zero attached hydrogens (tertiary/aromatic N) is 3. The van der Waals surface area contributed by atoms with Crippen LogP contribution in [0, 0.1) is 6.92 Å². The largest absolute Gasteiger partial charge is 0.497 e. The number of hydrogen-bond donors (Lipinski definition) is 0. The average molecular weight is 349 g/mol. The highest BCUT2D eigenvalue weighted by atomic mass is 16.5. The summed E-state index contributed by atoms with van der Waals surface area (Å²) >= 11 is 0. The molecule has 4 rings (SSSR count). The Morgan fingerprint density at radius 2 is 2.00 bits per heavy atom. The van der Waals surface area contributed by atoms with Crippen molar-refractivity contribution in [2.24, 2.45) is 0 Å². The third kappa shape index (κ3) is 3.06.